The molecule has 0 saturated heterocycles. The van der Waals surface area contributed by atoms with Crippen molar-refractivity contribution in [3.8, 4) is 0 Å². The molecule has 0 fully saturated rings. The quantitative estimate of drug-likeness (QED) is 0.696. The molecule has 3 N–H and O–H groups in total. The predicted molar refractivity (Wildman–Crippen MR) is 63.4 cm³/mol. The maximum atomic E-state index is 5.66. The molecule has 15 heavy (non-hydrogen) atoms. The van der Waals surface area contributed by atoms with Crippen molar-refractivity contribution in [2.45, 2.75) is 26.8 Å². The van der Waals surface area contributed by atoms with E-state index >= 15 is 0 Å². The van der Waals surface area contributed by atoms with E-state index in [1.165, 1.54) is 0 Å². The summed E-state index contributed by atoms with van der Waals surface area (Å²) >= 11 is 0. The Balaban J connectivity index is 2.18. The van der Waals surface area contributed by atoms with Gasteiger partial charge in [-0.2, -0.15) is 0 Å². The van der Waals surface area contributed by atoms with E-state index in [4.69, 9.17) is 5.73 Å². The monoisotopic (exact) mass is 207 g/mol. The second-order valence-corrected chi connectivity index (χ2v) is 4.62. The van der Waals surface area contributed by atoms with Crippen molar-refractivity contribution in [2.24, 2.45) is 11.1 Å². The van der Waals surface area contributed by atoms with E-state index in [0.29, 0.717) is 0 Å². The van der Waals surface area contributed by atoms with Gasteiger partial charge in [0.05, 0.1) is 5.69 Å². The molecule has 0 aromatic carbocycles. The number of hydrogen-bond donors (Lipinski definition) is 2. The van der Waals surface area contributed by atoms with Crippen LogP contribution in [0.2, 0.25) is 0 Å². The minimum Gasteiger partial charge on any atom is -0.330 e. The highest BCUT2D eigenvalue weighted by atomic mass is 14.9. The summed E-state index contributed by atoms with van der Waals surface area (Å²) in [7, 11) is 0. The van der Waals surface area contributed by atoms with Crippen molar-refractivity contribution < 1.29 is 0 Å². The lowest BCUT2D eigenvalue weighted by molar-refractivity contribution is 0.339. The third-order valence-corrected chi connectivity index (χ3v) is 2.56. The lowest BCUT2D eigenvalue weighted by Gasteiger charge is -2.22. The zero-order valence-corrected chi connectivity index (χ0v) is 9.66. The fraction of sp³-hybridized carbons (Fsp3) is 0.583. The number of aromatic nitrogens is 1. The summed E-state index contributed by atoms with van der Waals surface area (Å²) in [6, 6.07) is 5.97. The van der Waals surface area contributed by atoms with E-state index in [1.807, 2.05) is 24.4 Å². The van der Waals surface area contributed by atoms with Crippen LogP contribution >= 0.6 is 0 Å². The van der Waals surface area contributed by atoms with E-state index in [-0.39, 0.29) is 5.41 Å². The second kappa shape index (κ2) is 5.83. The van der Waals surface area contributed by atoms with Crippen molar-refractivity contribution in [1.29, 1.82) is 0 Å². The van der Waals surface area contributed by atoms with Crippen molar-refractivity contribution in [2.75, 3.05) is 13.1 Å². The summed E-state index contributed by atoms with van der Waals surface area (Å²) in [6.07, 6.45) is 2.91. The number of rotatable bonds is 6. The molecular formula is C12H21N3. The largest absolute Gasteiger partial charge is 0.330 e. The average molecular weight is 207 g/mol. The van der Waals surface area contributed by atoms with Gasteiger partial charge in [-0.15, -0.1) is 0 Å². The van der Waals surface area contributed by atoms with Crippen LogP contribution in [-0.2, 0) is 6.54 Å². The molecule has 3 heteroatoms. The third-order valence-electron chi connectivity index (χ3n) is 2.56. The molecule has 3 nitrogen and oxygen atoms in total. The SMILES string of the molecule is CC(C)(CN)CCNCc1ccccn1. The lowest BCUT2D eigenvalue weighted by Crippen LogP contribution is -2.28. The summed E-state index contributed by atoms with van der Waals surface area (Å²) in [4.78, 5) is 4.25. The zero-order valence-electron chi connectivity index (χ0n) is 9.66. The van der Waals surface area contributed by atoms with Crippen LogP contribution in [0.3, 0.4) is 0 Å². The van der Waals surface area contributed by atoms with Crippen LogP contribution in [0, 0.1) is 5.41 Å². The minimum atomic E-state index is 0.233. The van der Waals surface area contributed by atoms with Crippen LogP contribution in [0.5, 0.6) is 0 Å². The van der Waals surface area contributed by atoms with Crippen LogP contribution in [0.4, 0.5) is 0 Å². The molecule has 1 rings (SSSR count). The van der Waals surface area contributed by atoms with Crippen LogP contribution < -0.4 is 11.1 Å². The van der Waals surface area contributed by atoms with E-state index in [2.05, 4.69) is 24.1 Å². The normalized spacial score (nSPS) is 11.7. The number of nitrogens with one attached hydrogen (secondary N) is 1. The smallest absolute Gasteiger partial charge is 0.0541 e. The van der Waals surface area contributed by atoms with Crippen LogP contribution in [0.25, 0.3) is 0 Å². The first-order chi connectivity index (χ1) is 7.14. The third kappa shape index (κ3) is 4.91. The Kier molecular flexibility index (Phi) is 4.72. The van der Waals surface area contributed by atoms with Crippen LogP contribution in [-0.4, -0.2) is 18.1 Å². The molecular weight excluding hydrogens is 186 g/mol. The Morgan fingerprint density at radius 1 is 1.40 bits per heavy atom. The van der Waals surface area contributed by atoms with Gasteiger partial charge in [-0.25, -0.2) is 0 Å². The van der Waals surface area contributed by atoms with Gasteiger partial charge in [0.2, 0.25) is 0 Å². The fourth-order valence-corrected chi connectivity index (χ4v) is 1.25. The molecule has 84 valence electrons. The molecule has 0 bridgehead atoms. The molecule has 0 radical (unpaired) electrons. The summed E-state index contributed by atoms with van der Waals surface area (Å²) in [5, 5.41) is 3.37. The number of nitrogens with zero attached hydrogens (tertiary/aromatic N) is 1. The maximum absolute atomic E-state index is 5.66. The van der Waals surface area contributed by atoms with Gasteiger partial charge in [0, 0.05) is 12.7 Å². The average Bonchev–Trinajstić information content (AvgIpc) is 2.26. The Bertz CT molecular complexity index is 269. The fourth-order valence-electron chi connectivity index (χ4n) is 1.25. The lowest BCUT2D eigenvalue weighted by atomic mass is 9.90. The van der Waals surface area contributed by atoms with Gasteiger partial charge in [0.1, 0.15) is 0 Å². The Morgan fingerprint density at radius 3 is 2.80 bits per heavy atom. The van der Waals surface area contributed by atoms with Gasteiger partial charge in [-0.05, 0) is 37.1 Å². The molecule has 0 spiro atoms. The molecule has 0 aliphatic rings. The van der Waals surface area contributed by atoms with Gasteiger partial charge in [0.25, 0.3) is 0 Å². The highest BCUT2D eigenvalue weighted by molar-refractivity contribution is 5.02. The van der Waals surface area contributed by atoms with Gasteiger partial charge in [-0.3, -0.25) is 4.98 Å². The molecule has 1 heterocycles. The van der Waals surface area contributed by atoms with Crippen molar-refractivity contribution >= 4 is 0 Å². The van der Waals surface area contributed by atoms with Gasteiger partial charge in [0.15, 0.2) is 0 Å². The van der Waals surface area contributed by atoms with Gasteiger partial charge >= 0.3 is 0 Å². The maximum Gasteiger partial charge on any atom is 0.0541 e. The molecule has 0 aliphatic heterocycles. The second-order valence-electron chi connectivity index (χ2n) is 4.62. The van der Waals surface area contributed by atoms with Crippen molar-refractivity contribution in [1.82, 2.24) is 10.3 Å². The first-order valence-corrected chi connectivity index (χ1v) is 5.45. The predicted octanol–water partition coefficient (Wildman–Crippen LogP) is 1.55. The summed E-state index contributed by atoms with van der Waals surface area (Å²) in [5.74, 6) is 0. The summed E-state index contributed by atoms with van der Waals surface area (Å²) < 4.78 is 0. The van der Waals surface area contributed by atoms with Gasteiger partial charge < -0.3 is 11.1 Å². The molecule has 1 aromatic rings. The molecule has 0 atom stereocenters. The molecule has 0 saturated carbocycles. The standard InChI is InChI=1S/C12H21N3/c1-12(2,10-13)6-8-14-9-11-5-3-4-7-15-11/h3-5,7,14H,6,8-10,13H2,1-2H3. The highest BCUT2D eigenvalue weighted by Gasteiger charge is 2.14. The Morgan fingerprint density at radius 2 is 2.20 bits per heavy atom. The zero-order chi connectivity index (χ0) is 11.1. The van der Waals surface area contributed by atoms with Gasteiger partial charge in [-0.1, -0.05) is 19.9 Å². The van der Waals surface area contributed by atoms with Crippen molar-refractivity contribution in [3.05, 3.63) is 30.1 Å². The number of pyridine rings is 1. The van der Waals surface area contributed by atoms with Crippen molar-refractivity contribution in [3.63, 3.8) is 0 Å². The Hall–Kier alpha value is -0.930. The summed E-state index contributed by atoms with van der Waals surface area (Å²) in [5.41, 5.74) is 6.98. The first kappa shape index (κ1) is 12.1. The molecule has 0 amide bonds. The van der Waals surface area contributed by atoms with Crippen LogP contribution in [0.1, 0.15) is 26.0 Å². The van der Waals surface area contributed by atoms with E-state index in [0.717, 1.165) is 31.7 Å². The van der Waals surface area contributed by atoms with E-state index < -0.39 is 0 Å². The Labute approximate surface area is 92.1 Å². The summed E-state index contributed by atoms with van der Waals surface area (Å²) in [6.45, 7) is 6.94. The molecule has 1 aromatic heterocycles. The van der Waals surface area contributed by atoms with E-state index in [1.54, 1.807) is 0 Å². The highest BCUT2D eigenvalue weighted by Crippen LogP contribution is 2.16. The number of nitrogens with two attached hydrogens (primary N) is 1. The van der Waals surface area contributed by atoms with Crippen LogP contribution in [0.15, 0.2) is 24.4 Å². The topological polar surface area (TPSA) is 50.9 Å². The minimum absolute atomic E-state index is 0.233. The van der Waals surface area contributed by atoms with E-state index in [9.17, 15) is 0 Å². The molecule has 0 unspecified atom stereocenters. The number of hydrogen-bond acceptors (Lipinski definition) is 3. The first-order valence-electron chi connectivity index (χ1n) is 5.45. The molecule has 0 aliphatic carbocycles.